The van der Waals surface area contributed by atoms with Gasteiger partial charge in [-0.15, -0.1) is 0 Å². The first-order valence-corrected chi connectivity index (χ1v) is 6.36. The smallest absolute Gasteiger partial charge is 0.308 e. The first-order chi connectivity index (χ1) is 8.21. The highest BCUT2D eigenvalue weighted by Crippen LogP contribution is 2.24. The van der Waals surface area contributed by atoms with Crippen LogP contribution in [0.5, 0.6) is 0 Å². The average Bonchev–Trinajstić information content (AvgIpc) is 2.18. The molecule has 18 heavy (non-hydrogen) atoms. The molecule has 5 heteroatoms. The molecule has 1 atom stereocenters. The molecule has 0 bridgehead atoms. The predicted molar refractivity (Wildman–Crippen MR) is 69.3 cm³/mol. The molecule has 0 aromatic heterocycles. The summed E-state index contributed by atoms with van der Waals surface area (Å²) in [4.78, 5) is 26.6. The number of likely N-dealkylation sites (tertiary alicyclic amines) is 1. The molecule has 1 aliphatic heterocycles. The summed E-state index contributed by atoms with van der Waals surface area (Å²) in [6, 6.07) is 0. The third-order valence-electron chi connectivity index (χ3n) is 3.21. The molecule has 1 N–H and O–H groups in total. The van der Waals surface area contributed by atoms with Gasteiger partial charge in [-0.05, 0) is 25.9 Å². The Hall–Kier alpha value is -1.10. The van der Waals surface area contributed by atoms with E-state index in [0.29, 0.717) is 25.9 Å². The van der Waals surface area contributed by atoms with Crippen molar-refractivity contribution in [2.45, 2.75) is 26.7 Å². The van der Waals surface area contributed by atoms with Gasteiger partial charge in [0.2, 0.25) is 5.91 Å². The van der Waals surface area contributed by atoms with E-state index < -0.39 is 11.9 Å². The second-order valence-electron chi connectivity index (χ2n) is 6.25. The zero-order valence-electron chi connectivity index (χ0n) is 11.8. The minimum atomic E-state index is -0.794. The predicted octanol–water partition coefficient (Wildman–Crippen LogP) is 0.897. The van der Waals surface area contributed by atoms with Gasteiger partial charge in [0, 0.05) is 26.1 Å². The van der Waals surface area contributed by atoms with Crippen LogP contribution in [0.15, 0.2) is 0 Å². The Morgan fingerprint density at radius 2 is 2.11 bits per heavy atom. The minimum Gasteiger partial charge on any atom is -0.481 e. The summed E-state index contributed by atoms with van der Waals surface area (Å²) in [7, 11) is 4.00. The Morgan fingerprint density at radius 1 is 1.50 bits per heavy atom. The van der Waals surface area contributed by atoms with Gasteiger partial charge in [-0.2, -0.15) is 0 Å². The lowest BCUT2D eigenvalue weighted by Gasteiger charge is -2.38. The zero-order chi connectivity index (χ0) is 13.9. The van der Waals surface area contributed by atoms with E-state index >= 15 is 0 Å². The number of carboxylic acid groups (broad SMARTS) is 1. The molecule has 1 saturated heterocycles. The van der Waals surface area contributed by atoms with Gasteiger partial charge in [0.25, 0.3) is 0 Å². The van der Waals surface area contributed by atoms with Crippen LogP contribution in [0.3, 0.4) is 0 Å². The van der Waals surface area contributed by atoms with Crippen molar-refractivity contribution in [2.75, 3.05) is 33.7 Å². The van der Waals surface area contributed by atoms with Gasteiger partial charge >= 0.3 is 5.97 Å². The van der Waals surface area contributed by atoms with Gasteiger partial charge in [0.05, 0.1) is 5.92 Å². The van der Waals surface area contributed by atoms with Gasteiger partial charge in [0.1, 0.15) is 0 Å². The fraction of sp³-hybridized carbons (Fsp3) is 0.846. The van der Waals surface area contributed by atoms with E-state index in [1.54, 1.807) is 4.90 Å². The molecule has 0 spiro atoms. The SMILES string of the molecule is CN(C)CC(C)(C)CN1CC(C(=O)O)CCC1=O. The molecule has 1 unspecified atom stereocenters. The fourth-order valence-corrected chi connectivity index (χ4v) is 2.69. The molecular formula is C13H24N2O3. The summed E-state index contributed by atoms with van der Waals surface area (Å²) in [6.07, 6.45) is 0.827. The Morgan fingerprint density at radius 3 is 2.61 bits per heavy atom. The van der Waals surface area contributed by atoms with E-state index in [0.717, 1.165) is 6.54 Å². The van der Waals surface area contributed by atoms with Crippen LogP contribution in [0.4, 0.5) is 0 Å². The van der Waals surface area contributed by atoms with Crippen LogP contribution in [0.1, 0.15) is 26.7 Å². The lowest BCUT2D eigenvalue weighted by atomic mass is 9.89. The highest BCUT2D eigenvalue weighted by atomic mass is 16.4. The second-order valence-corrected chi connectivity index (χ2v) is 6.25. The highest BCUT2D eigenvalue weighted by Gasteiger charge is 2.33. The fourth-order valence-electron chi connectivity index (χ4n) is 2.69. The summed E-state index contributed by atoms with van der Waals surface area (Å²) in [5.41, 5.74) is -0.0282. The van der Waals surface area contributed by atoms with Gasteiger partial charge in [-0.3, -0.25) is 9.59 Å². The van der Waals surface area contributed by atoms with E-state index in [2.05, 4.69) is 18.7 Å². The number of carbonyl (C=O) groups is 2. The molecule has 0 aliphatic carbocycles. The molecule has 5 nitrogen and oxygen atoms in total. The Bertz CT molecular complexity index is 326. The summed E-state index contributed by atoms with van der Waals surface area (Å²) < 4.78 is 0. The number of carbonyl (C=O) groups excluding carboxylic acids is 1. The summed E-state index contributed by atoms with van der Waals surface area (Å²) in [6.45, 7) is 6.04. The van der Waals surface area contributed by atoms with Crippen LogP contribution >= 0.6 is 0 Å². The zero-order valence-corrected chi connectivity index (χ0v) is 11.8. The molecular weight excluding hydrogens is 232 g/mol. The number of hydrogen-bond acceptors (Lipinski definition) is 3. The summed E-state index contributed by atoms with van der Waals surface area (Å²) in [5, 5.41) is 9.04. The van der Waals surface area contributed by atoms with Crippen LogP contribution in [0.2, 0.25) is 0 Å². The van der Waals surface area contributed by atoms with Crippen molar-refractivity contribution >= 4 is 11.9 Å². The highest BCUT2D eigenvalue weighted by molar-refractivity contribution is 5.80. The van der Waals surface area contributed by atoms with Gasteiger partial charge in [-0.1, -0.05) is 13.8 Å². The van der Waals surface area contributed by atoms with Crippen molar-refractivity contribution in [2.24, 2.45) is 11.3 Å². The largest absolute Gasteiger partial charge is 0.481 e. The molecule has 1 heterocycles. The number of amides is 1. The van der Waals surface area contributed by atoms with E-state index in [1.165, 1.54) is 0 Å². The van der Waals surface area contributed by atoms with E-state index in [1.807, 2.05) is 14.1 Å². The molecule has 1 aliphatic rings. The molecule has 0 aromatic rings. The number of nitrogens with zero attached hydrogens (tertiary/aromatic N) is 2. The van der Waals surface area contributed by atoms with Gasteiger partial charge in [0.15, 0.2) is 0 Å². The van der Waals surface area contributed by atoms with Crippen molar-refractivity contribution < 1.29 is 14.7 Å². The number of rotatable bonds is 5. The van der Waals surface area contributed by atoms with Gasteiger partial charge < -0.3 is 14.9 Å². The molecule has 0 radical (unpaired) electrons. The third-order valence-corrected chi connectivity index (χ3v) is 3.21. The first kappa shape index (κ1) is 15.0. The van der Waals surface area contributed by atoms with E-state index in [9.17, 15) is 9.59 Å². The van der Waals surface area contributed by atoms with E-state index in [4.69, 9.17) is 5.11 Å². The monoisotopic (exact) mass is 256 g/mol. The molecule has 1 amide bonds. The molecule has 1 rings (SSSR count). The quantitative estimate of drug-likeness (QED) is 0.794. The maximum Gasteiger partial charge on any atom is 0.308 e. The Balaban J connectivity index is 2.63. The number of piperidine rings is 1. The van der Waals surface area contributed by atoms with Crippen LogP contribution in [-0.2, 0) is 9.59 Å². The van der Waals surface area contributed by atoms with Crippen molar-refractivity contribution in [3.05, 3.63) is 0 Å². The number of carboxylic acids is 1. The van der Waals surface area contributed by atoms with E-state index in [-0.39, 0.29) is 11.3 Å². The van der Waals surface area contributed by atoms with Crippen molar-refractivity contribution in [3.63, 3.8) is 0 Å². The first-order valence-electron chi connectivity index (χ1n) is 6.36. The van der Waals surface area contributed by atoms with Crippen LogP contribution in [0.25, 0.3) is 0 Å². The van der Waals surface area contributed by atoms with Crippen molar-refractivity contribution in [3.8, 4) is 0 Å². The van der Waals surface area contributed by atoms with Crippen LogP contribution < -0.4 is 0 Å². The molecule has 1 fully saturated rings. The summed E-state index contributed by atoms with van der Waals surface area (Å²) in [5.74, 6) is -1.12. The lowest BCUT2D eigenvalue weighted by molar-refractivity contribution is -0.148. The third kappa shape index (κ3) is 4.29. The summed E-state index contributed by atoms with van der Waals surface area (Å²) >= 11 is 0. The topological polar surface area (TPSA) is 60.9 Å². The molecule has 104 valence electrons. The van der Waals surface area contributed by atoms with Crippen molar-refractivity contribution in [1.82, 2.24) is 9.80 Å². The molecule has 0 saturated carbocycles. The van der Waals surface area contributed by atoms with Crippen molar-refractivity contribution in [1.29, 1.82) is 0 Å². The maximum atomic E-state index is 11.8. The number of hydrogen-bond donors (Lipinski definition) is 1. The average molecular weight is 256 g/mol. The lowest BCUT2D eigenvalue weighted by Crippen LogP contribution is -2.48. The minimum absolute atomic E-state index is 0.0282. The second kappa shape index (κ2) is 5.69. The normalized spacial score (nSPS) is 21.5. The van der Waals surface area contributed by atoms with Crippen LogP contribution in [-0.4, -0.2) is 60.5 Å². The number of aliphatic carboxylic acids is 1. The van der Waals surface area contributed by atoms with Crippen LogP contribution in [0, 0.1) is 11.3 Å². The molecule has 0 aromatic carbocycles. The Labute approximate surface area is 109 Å². The van der Waals surface area contributed by atoms with Gasteiger partial charge in [-0.25, -0.2) is 0 Å². The standard InChI is InChI=1S/C13H24N2O3/c1-13(2,8-14(3)4)9-15-7-10(12(17)18)5-6-11(15)16/h10H,5-9H2,1-4H3,(H,17,18). The Kier molecular flexibility index (Phi) is 4.73. The maximum absolute atomic E-state index is 11.8.